The summed E-state index contributed by atoms with van der Waals surface area (Å²) in [6, 6.07) is 24.9. The first-order chi connectivity index (χ1) is 15.4. The molecule has 3 aromatic rings. The van der Waals surface area contributed by atoms with E-state index in [1.54, 1.807) is 0 Å². The van der Waals surface area contributed by atoms with E-state index in [1.807, 2.05) is 50.5 Å². The van der Waals surface area contributed by atoms with Crippen LogP contribution >= 0.6 is 0 Å². The summed E-state index contributed by atoms with van der Waals surface area (Å²) in [6.07, 6.45) is 1.18. The molecular weight excluding hydrogens is 396 g/mol. The highest BCUT2D eigenvalue weighted by molar-refractivity contribution is 6.04. The minimum absolute atomic E-state index is 0.0962. The van der Waals surface area contributed by atoms with Gasteiger partial charge in [-0.25, -0.2) is 0 Å². The van der Waals surface area contributed by atoms with Crippen LogP contribution in [0.15, 0.2) is 72.8 Å². The molecule has 1 amide bonds. The zero-order valence-corrected chi connectivity index (χ0v) is 19.4. The molecule has 0 aromatic heterocycles. The molecule has 32 heavy (non-hydrogen) atoms. The summed E-state index contributed by atoms with van der Waals surface area (Å²) in [5.41, 5.74) is 6.06. The fraction of sp³-hybridized carbons (Fsp3) is 0.296. The van der Waals surface area contributed by atoms with Crippen LogP contribution in [-0.2, 0) is 0 Å². The van der Waals surface area contributed by atoms with Gasteiger partial charge in [-0.3, -0.25) is 4.79 Å². The van der Waals surface area contributed by atoms with Crippen LogP contribution in [0.3, 0.4) is 0 Å². The average Bonchev–Trinajstić information content (AvgIpc) is 3.30. The second-order valence-electron chi connectivity index (χ2n) is 8.87. The molecule has 1 aliphatic heterocycles. The molecule has 0 bridgehead atoms. The van der Waals surface area contributed by atoms with Gasteiger partial charge in [0.2, 0.25) is 0 Å². The zero-order chi connectivity index (χ0) is 22.7. The topological polar surface area (TPSA) is 38.8 Å². The Hall–Kier alpha value is -3.31. The van der Waals surface area contributed by atoms with Crippen LogP contribution in [0.4, 0.5) is 17.1 Å². The lowest BCUT2D eigenvalue weighted by atomic mass is 10.0. The van der Waals surface area contributed by atoms with Crippen LogP contribution in [-0.4, -0.2) is 58.1 Å². The van der Waals surface area contributed by atoms with Gasteiger partial charge in [-0.1, -0.05) is 24.3 Å². The van der Waals surface area contributed by atoms with Gasteiger partial charge in [0.05, 0.1) is 0 Å². The number of amides is 1. The number of carbonyl (C=O) groups excluding carboxylic acids is 1. The maximum Gasteiger partial charge on any atom is 0.255 e. The summed E-state index contributed by atoms with van der Waals surface area (Å²) in [7, 11) is 8.34. The first-order valence-electron chi connectivity index (χ1n) is 11.1. The van der Waals surface area contributed by atoms with Gasteiger partial charge in [0, 0.05) is 55.9 Å². The van der Waals surface area contributed by atoms with E-state index in [-0.39, 0.29) is 5.91 Å². The summed E-state index contributed by atoms with van der Waals surface area (Å²) in [4.78, 5) is 19.5. The molecule has 1 fully saturated rings. The van der Waals surface area contributed by atoms with Gasteiger partial charge in [-0.2, -0.15) is 0 Å². The Morgan fingerprint density at radius 3 is 1.97 bits per heavy atom. The second-order valence-corrected chi connectivity index (χ2v) is 8.87. The number of likely N-dealkylation sites (N-methyl/N-ethyl adjacent to an activating group) is 1. The Kier molecular flexibility index (Phi) is 6.47. The third-order valence-corrected chi connectivity index (χ3v) is 6.25. The summed E-state index contributed by atoms with van der Waals surface area (Å²) >= 11 is 0. The number of nitrogens with one attached hydrogen (secondary N) is 1. The predicted molar refractivity (Wildman–Crippen MR) is 135 cm³/mol. The van der Waals surface area contributed by atoms with E-state index in [4.69, 9.17) is 0 Å². The molecule has 4 rings (SSSR count). The number of hydrogen-bond acceptors (Lipinski definition) is 4. The number of benzene rings is 3. The van der Waals surface area contributed by atoms with Crippen LogP contribution in [0.2, 0.25) is 0 Å². The highest BCUT2D eigenvalue weighted by Gasteiger charge is 2.24. The molecule has 0 radical (unpaired) electrons. The van der Waals surface area contributed by atoms with E-state index in [9.17, 15) is 4.79 Å². The molecular formula is C27H32N4O. The Bertz CT molecular complexity index is 1040. The van der Waals surface area contributed by atoms with Gasteiger partial charge < -0.3 is 20.0 Å². The van der Waals surface area contributed by atoms with Gasteiger partial charge in [0.15, 0.2) is 0 Å². The third kappa shape index (κ3) is 4.94. The number of nitrogens with zero attached hydrogens (tertiary/aromatic N) is 3. The Balaban J connectivity index is 1.37. The molecule has 0 aliphatic carbocycles. The summed E-state index contributed by atoms with van der Waals surface area (Å²) < 4.78 is 0. The average molecular weight is 429 g/mol. The van der Waals surface area contributed by atoms with E-state index >= 15 is 0 Å². The highest BCUT2D eigenvalue weighted by Crippen LogP contribution is 2.25. The second kappa shape index (κ2) is 9.45. The molecule has 3 aromatic carbocycles. The molecule has 166 valence electrons. The summed E-state index contributed by atoms with van der Waals surface area (Å²) in [5.74, 6) is -0.0962. The standard InChI is InChI=1S/C27H32N4O/c1-29(2)24-13-9-21(10-14-24)20-5-7-22(8-6-20)27(32)28-23-11-15-25(16-12-23)31-18-17-26(19-31)30(3)4/h5-16,26H,17-19H2,1-4H3,(H,28,32). The van der Waals surface area contributed by atoms with Crippen molar-refractivity contribution in [3.8, 4) is 11.1 Å². The van der Waals surface area contributed by atoms with Crippen molar-refractivity contribution in [2.24, 2.45) is 0 Å². The lowest BCUT2D eigenvalue weighted by Crippen LogP contribution is -2.31. The Morgan fingerprint density at radius 2 is 1.44 bits per heavy atom. The van der Waals surface area contributed by atoms with E-state index in [0.717, 1.165) is 35.6 Å². The molecule has 1 N–H and O–H groups in total. The first kappa shape index (κ1) is 21.9. The quantitative estimate of drug-likeness (QED) is 0.611. The molecule has 5 nitrogen and oxygen atoms in total. The fourth-order valence-electron chi connectivity index (χ4n) is 4.12. The van der Waals surface area contributed by atoms with Crippen LogP contribution in [0.5, 0.6) is 0 Å². The lowest BCUT2D eigenvalue weighted by Gasteiger charge is -2.22. The maximum absolute atomic E-state index is 12.7. The van der Waals surface area contributed by atoms with Gasteiger partial charge in [0.25, 0.3) is 5.91 Å². The lowest BCUT2D eigenvalue weighted by molar-refractivity contribution is 0.102. The van der Waals surface area contributed by atoms with E-state index in [0.29, 0.717) is 11.6 Å². The van der Waals surface area contributed by atoms with Crippen molar-refractivity contribution >= 4 is 23.0 Å². The van der Waals surface area contributed by atoms with Gasteiger partial charge in [0.1, 0.15) is 0 Å². The van der Waals surface area contributed by atoms with Crippen molar-refractivity contribution in [1.82, 2.24) is 4.90 Å². The molecule has 0 spiro atoms. The van der Waals surface area contributed by atoms with Gasteiger partial charge in [-0.05, 0) is 80.2 Å². The van der Waals surface area contributed by atoms with Crippen molar-refractivity contribution in [2.45, 2.75) is 12.5 Å². The zero-order valence-electron chi connectivity index (χ0n) is 19.4. The number of carbonyl (C=O) groups is 1. The SMILES string of the molecule is CN(C)c1ccc(-c2ccc(C(=O)Nc3ccc(N4CCC(N(C)C)C4)cc3)cc2)cc1. The molecule has 1 aliphatic rings. The Labute approximate surface area is 191 Å². The first-order valence-corrected chi connectivity index (χ1v) is 11.1. The molecule has 1 saturated heterocycles. The van der Waals surface area contributed by atoms with Crippen LogP contribution in [0.1, 0.15) is 16.8 Å². The minimum atomic E-state index is -0.0962. The number of rotatable bonds is 6. The highest BCUT2D eigenvalue weighted by atomic mass is 16.1. The van der Waals surface area contributed by atoms with Crippen molar-refractivity contribution in [2.75, 3.05) is 56.4 Å². The van der Waals surface area contributed by atoms with Crippen LogP contribution < -0.4 is 15.1 Å². The predicted octanol–water partition coefficient (Wildman–Crippen LogP) is 4.81. The van der Waals surface area contributed by atoms with Crippen molar-refractivity contribution in [3.05, 3.63) is 78.4 Å². The van der Waals surface area contributed by atoms with Gasteiger partial charge in [-0.15, -0.1) is 0 Å². The monoisotopic (exact) mass is 428 g/mol. The van der Waals surface area contributed by atoms with E-state index in [1.165, 1.54) is 12.1 Å². The molecule has 1 unspecified atom stereocenters. The summed E-state index contributed by atoms with van der Waals surface area (Å²) in [5, 5.41) is 3.01. The molecule has 0 saturated carbocycles. The molecule has 5 heteroatoms. The normalized spacial score (nSPS) is 15.8. The van der Waals surface area contributed by atoms with E-state index in [2.05, 4.69) is 70.5 Å². The van der Waals surface area contributed by atoms with Crippen molar-refractivity contribution < 1.29 is 4.79 Å². The van der Waals surface area contributed by atoms with Crippen LogP contribution in [0.25, 0.3) is 11.1 Å². The van der Waals surface area contributed by atoms with Crippen molar-refractivity contribution in [3.63, 3.8) is 0 Å². The number of hydrogen-bond donors (Lipinski definition) is 1. The third-order valence-electron chi connectivity index (χ3n) is 6.25. The van der Waals surface area contributed by atoms with Gasteiger partial charge >= 0.3 is 0 Å². The maximum atomic E-state index is 12.7. The van der Waals surface area contributed by atoms with Crippen molar-refractivity contribution in [1.29, 1.82) is 0 Å². The van der Waals surface area contributed by atoms with Crippen LogP contribution in [0, 0.1) is 0 Å². The summed E-state index contributed by atoms with van der Waals surface area (Å²) in [6.45, 7) is 2.11. The minimum Gasteiger partial charge on any atom is -0.378 e. The van der Waals surface area contributed by atoms with E-state index < -0.39 is 0 Å². The Morgan fingerprint density at radius 1 is 0.844 bits per heavy atom. The fourth-order valence-corrected chi connectivity index (χ4v) is 4.12. The molecule has 1 atom stereocenters. The molecule has 1 heterocycles. The number of anilines is 3. The smallest absolute Gasteiger partial charge is 0.255 e. The largest absolute Gasteiger partial charge is 0.378 e.